The van der Waals surface area contributed by atoms with Gasteiger partial charge in [0.15, 0.2) is 0 Å². The molecule has 1 aromatic carbocycles. The summed E-state index contributed by atoms with van der Waals surface area (Å²) in [7, 11) is 0. The first-order valence-corrected chi connectivity index (χ1v) is 7.45. The molecule has 0 fully saturated rings. The van der Waals surface area contributed by atoms with Crippen LogP contribution < -0.4 is 5.32 Å². The highest BCUT2D eigenvalue weighted by Gasteiger charge is 2.28. The molecule has 5 heteroatoms. The van der Waals surface area contributed by atoms with E-state index in [1.807, 2.05) is 37.3 Å². The molecule has 0 aliphatic rings. The van der Waals surface area contributed by atoms with Gasteiger partial charge in [-0.3, -0.25) is 4.79 Å². The fourth-order valence-corrected chi connectivity index (χ4v) is 2.90. The number of carbonyl (C=O) groups is 1. The van der Waals surface area contributed by atoms with E-state index in [1.165, 1.54) is 11.3 Å². The maximum absolute atomic E-state index is 12.2. The minimum absolute atomic E-state index is 0.159. The van der Waals surface area contributed by atoms with E-state index in [9.17, 15) is 9.90 Å². The van der Waals surface area contributed by atoms with Gasteiger partial charge in [-0.05, 0) is 34.5 Å². The first kappa shape index (κ1) is 14.2. The van der Waals surface area contributed by atoms with Gasteiger partial charge >= 0.3 is 0 Å². The normalized spacial score (nSPS) is 13.8. The van der Waals surface area contributed by atoms with Crippen molar-refractivity contribution >= 4 is 33.2 Å². The van der Waals surface area contributed by atoms with E-state index < -0.39 is 5.54 Å². The van der Waals surface area contributed by atoms with Crippen molar-refractivity contribution in [3.8, 4) is 0 Å². The number of hydrogen-bond donors (Lipinski definition) is 2. The van der Waals surface area contributed by atoms with Crippen molar-refractivity contribution in [1.82, 2.24) is 5.32 Å². The average molecular weight is 340 g/mol. The molecule has 2 aromatic rings. The zero-order valence-electron chi connectivity index (χ0n) is 10.4. The van der Waals surface area contributed by atoms with Gasteiger partial charge in [-0.2, -0.15) is 0 Å². The molecule has 1 atom stereocenters. The third kappa shape index (κ3) is 3.23. The Bertz CT molecular complexity index is 570. The number of halogens is 1. The molecule has 19 heavy (non-hydrogen) atoms. The van der Waals surface area contributed by atoms with Crippen LogP contribution >= 0.6 is 27.3 Å². The van der Waals surface area contributed by atoms with Gasteiger partial charge in [-0.25, -0.2) is 0 Å². The molecule has 0 bridgehead atoms. The Hall–Kier alpha value is -1.17. The average Bonchev–Trinajstić information content (AvgIpc) is 2.86. The monoisotopic (exact) mass is 339 g/mol. The predicted octanol–water partition coefficient (Wildman–Crippen LogP) is 3.15. The Kier molecular flexibility index (Phi) is 4.39. The summed E-state index contributed by atoms with van der Waals surface area (Å²) >= 11 is 4.79. The standard InChI is InChI=1S/C14H14BrNO2S/c1-14(9-17,11-5-3-2-4-6-11)16-13(18)10-7-12(15)19-8-10/h2-8,17H,9H2,1H3,(H,16,18). The number of aliphatic hydroxyl groups excluding tert-OH is 1. The van der Waals surface area contributed by atoms with Gasteiger partial charge < -0.3 is 10.4 Å². The van der Waals surface area contributed by atoms with Crippen molar-refractivity contribution in [3.05, 3.63) is 56.7 Å². The van der Waals surface area contributed by atoms with Crippen molar-refractivity contribution in [2.45, 2.75) is 12.5 Å². The summed E-state index contributed by atoms with van der Waals surface area (Å²) in [5, 5.41) is 14.3. The van der Waals surface area contributed by atoms with Gasteiger partial charge in [0.1, 0.15) is 0 Å². The number of thiophene rings is 1. The van der Waals surface area contributed by atoms with E-state index in [2.05, 4.69) is 21.2 Å². The highest BCUT2D eigenvalue weighted by atomic mass is 79.9. The summed E-state index contributed by atoms with van der Waals surface area (Å²) in [5.74, 6) is -0.192. The lowest BCUT2D eigenvalue weighted by molar-refractivity contribution is 0.0850. The molecule has 0 saturated heterocycles. The zero-order valence-corrected chi connectivity index (χ0v) is 12.8. The molecule has 0 aliphatic carbocycles. The maximum Gasteiger partial charge on any atom is 0.252 e. The first-order chi connectivity index (χ1) is 9.05. The van der Waals surface area contributed by atoms with Crippen molar-refractivity contribution in [1.29, 1.82) is 0 Å². The quantitative estimate of drug-likeness (QED) is 0.898. The molecular weight excluding hydrogens is 326 g/mol. The maximum atomic E-state index is 12.2. The summed E-state index contributed by atoms with van der Waals surface area (Å²) in [6.45, 7) is 1.65. The minimum Gasteiger partial charge on any atom is -0.394 e. The number of rotatable bonds is 4. The Morgan fingerprint density at radius 2 is 2.11 bits per heavy atom. The van der Waals surface area contributed by atoms with Gasteiger partial charge in [0, 0.05) is 5.38 Å². The Morgan fingerprint density at radius 1 is 1.42 bits per heavy atom. The topological polar surface area (TPSA) is 49.3 Å². The lowest BCUT2D eigenvalue weighted by Crippen LogP contribution is -2.46. The van der Waals surface area contributed by atoms with Crippen LogP contribution in [0.4, 0.5) is 0 Å². The van der Waals surface area contributed by atoms with Crippen molar-refractivity contribution in [3.63, 3.8) is 0 Å². The third-order valence-electron chi connectivity index (χ3n) is 2.95. The van der Waals surface area contributed by atoms with Crippen LogP contribution in [0.5, 0.6) is 0 Å². The SMILES string of the molecule is CC(CO)(NC(=O)c1csc(Br)c1)c1ccccc1. The van der Waals surface area contributed by atoms with E-state index in [0.29, 0.717) is 5.56 Å². The largest absolute Gasteiger partial charge is 0.394 e. The Balaban J connectivity index is 2.22. The second-order valence-corrected chi connectivity index (χ2v) is 6.74. The van der Waals surface area contributed by atoms with Crippen LogP contribution in [-0.4, -0.2) is 17.6 Å². The summed E-state index contributed by atoms with van der Waals surface area (Å²) < 4.78 is 0.906. The van der Waals surface area contributed by atoms with Gasteiger partial charge in [0.2, 0.25) is 0 Å². The molecule has 100 valence electrons. The van der Waals surface area contributed by atoms with Crippen LogP contribution in [0, 0.1) is 0 Å². The molecule has 3 nitrogen and oxygen atoms in total. The summed E-state index contributed by atoms with van der Waals surface area (Å²) in [6.07, 6.45) is 0. The van der Waals surface area contributed by atoms with Gasteiger partial charge in [-0.15, -0.1) is 11.3 Å². The molecule has 0 saturated carbocycles. The number of hydrogen-bond acceptors (Lipinski definition) is 3. The molecule has 2 N–H and O–H groups in total. The predicted molar refractivity (Wildman–Crippen MR) is 80.4 cm³/mol. The number of benzene rings is 1. The second kappa shape index (κ2) is 5.86. The van der Waals surface area contributed by atoms with Crippen LogP contribution in [0.15, 0.2) is 45.6 Å². The number of nitrogens with one attached hydrogen (secondary N) is 1. The van der Waals surface area contributed by atoms with Gasteiger partial charge in [0.25, 0.3) is 5.91 Å². The molecular formula is C14H14BrNO2S. The van der Waals surface area contributed by atoms with E-state index in [1.54, 1.807) is 11.4 Å². The summed E-state index contributed by atoms with van der Waals surface area (Å²) in [6, 6.07) is 11.2. The van der Waals surface area contributed by atoms with Gasteiger partial charge in [-0.1, -0.05) is 30.3 Å². The van der Waals surface area contributed by atoms with Crippen molar-refractivity contribution < 1.29 is 9.90 Å². The first-order valence-electron chi connectivity index (χ1n) is 5.78. The highest BCUT2D eigenvalue weighted by molar-refractivity contribution is 9.11. The molecule has 0 radical (unpaired) electrons. The van der Waals surface area contributed by atoms with Crippen LogP contribution in [-0.2, 0) is 5.54 Å². The molecule has 1 aromatic heterocycles. The zero-order chi connectivity index (χ0) is 13.9. The fourth-order valence-electron chi connectivity index (χ4n) is 1.76. The minimum atomic E-state index is -0.785. The molecule has 2 rings (SSSR count). The Morgan fingerprint density at radius 3 is 2.63 bits per heavy atom. The van der Waals surface area contributed by atoms with Crippen molar-refractivity contribution in [2.75, 3.05) is 6.61 Å². The Labute approximate surface area is 124 Å². The fraction of sp³-hybridized carbons (Fsp3) is 0.214. The van der Waals surface area contributed by atoms with Crippen LogP contribution in [0.1, 0.15) is 22.8 Å². The van der Waals surface area contributed by atoms with E-state index in [-0.39, 0.29) is 12.5 Å². The van der Waals surface area contributed by atoms with E-state index in [4.69, 9.17) is 0 Å². The van der Waals surface area contributed by atoms with E-state index in [0.717, 1.165) is 9.35 Å². The number of carbonyl (C=O) groups excluding carboxylic acids is 1. The van der Waals surface area contributed by atoms with Crippen LogP contribution in [0.2, 0.25) is 0 Å². The van der Waals surface area contributed by atoms with Crippen LogP contribution in [0.3, 0.4) is 0 Å². The third-order valence-corrected chi connectivity index (χ3v) is 4.45. The lowest BCUT2D eigenvalue weighted by Gasteiger charge is -2.29. The lowest BCUT2D eigenvalue weighted by atomic mass is 9.92. The molecule has 1 amide bonds. The second-order valence-electron chi connectivity index (χ2n) is 4.45. The molecule has 0 aliphatic heterocycles. The highest BCUT2D eigenvalue weighted by Crippen LogP contribution is 2.23. The van der Waals surface area contributed by atoms with E-state index >= 15 is 0 Å². The summed E-state index contributed by atoms with van der Waals surface area (Å²) in [4.78, 5) is 12.2. The molecule has 0 spiro atoms. The number of amides is 1. The molecule has 1 unspecified atom stereocenters. The van der Waals surface area contributed by atoms with Gasteiger partial charge in [0.05, 0.1) is 21.5 Å². The smallest absolute Gasteiger partial charge is 0.252 e. The molecule has 1 heterocycles. The van der Waals surface area contributed by atoms with Crippen LogP contribution in [0.25, 0.3) is 0 Å². The summed E-state index contributed by atoms with van der Waals surface area (Å²) in [5.41, 5.74) is 0.680. The van der Waals surface area contributed by atoms with Crippen molar-refractivity contribution in [2.24, 2.45) is 0 Å². The number of aliphatic hydroxyl groups is 1.